The summed E-state index contributed by atoms with van der Waals surface area (Å²) in [5.41, 5.74) is 3.82. The summed E-state index contributed by atoms with van der Waals surface area (Å²) in [5, 5.41) is 3.63. The molecular formula is C22H25ClN2O2. The van der Waals surface area contributed by atoms with Crippen molar-refractivity contribution in [3.8, 4) is 0 Å². The van der Waals surface area contributed by atoms with E-state index in [0.717, 1.165) is 37.2 Å². The number of benzene rings is 2. The first-order valence-corrected chi connectivity index (χ1v) is 9.69. The van der Waals surface area contributed by atoms with E-state index >= 15 is 0 Å². The minimum absolute atomic E-state index is 0.00979. The van der Waals surface area contributed by atoms with E-state index in [-0.39, 0.29) is 17.6 Å². The Morgan fingerprint density at radius 1 is 1.07 bits per heavy atom. The van der Waals surface area contributed by atoms with Gasteiger partial charge < -0.3 is 5.32 Å². The maximum atomic E-state index is 12.6. The fourth-order valence-corrected chi connectivity index (χ4v) is 3.68. The fourth-order valence-electron chi connectivity index (χ4n) is 3.55. The number of carbonyl (C=O) groups excluding carboxylic acids is 2. The van der Waals surface area contributed by atoms with Crippen molar-refractivity contribution in [1.29, 1.82) is 0 Å². The molecular weight excluding hydrogens is 360 g/mol. The van der Waals surface area contributed by atoms with Gasteiger partial charge in [0.25, 0.3) is 0 Å². The molecule has 2 aromatic rings. The lowest BCUT2D eigenvalue weighted by atomic mass is 9.89. The van der Waals surface area contributed by atoms with Crippen molar-refractivity contribution in [1.82, 2.24) is 4.90 Å². The Kier molecular flexibility index (Phi) is 6.30. The highest BCUT2D eigenvalue weighted by atomic mass is 35.5. The van der Waals surface area contributed by atoms with Gasteiger partial charge in [0.1, 0.15) is 0 Å². The molecule has 1 aliphatic heterocycles. The molecule has 0 unspecified atom stereocenters. The minimum atomic E-state index is -0.00979. The first-order chi connectivity index (χ1) is 12.9. The lowest BCUT2D eigenvalue weighted by Gasteiger charge is -2.30. The SMILES string of the molecule is Cc1ccc(NC(=O)CN2CCC(C(=O)c3ccc(Cl)cc3)CC2)c(C)c1. The molecule has 0 saturated carbocycles. The highest BCUT2D eigenvalue weighted by molar-refractivity contribution is 6.30. The molecule has 0 atom stereocenters. The van der Waals surface area contributed by atoms with Crippen LogP contribution in [0.3, 0.4) is 0 Å². The fraction of sp³-hybridized carbons (Fsp3) is 0.364. The van der Waals surface area contributed by atoms with E-state index < -0.39 is 0 Å². The quantitative estimate of drug-likeness (QED) is 0.772. The number of likely N-dealkylation sites (tertiary alicyclic amines) is 1. The Labute approximate surface area is 165 Å². The third-order valence-corrected chi connectivity index (χ3v) is 5.36. The molecule has 2 aromatic carbocycles. The van der Waals surface area contributed by atoms with Crippen LogP contribution in [0.1, 0.15) is 34.3 Å². The maximum absolute atomic E-state index is 12.6. The third kappa shape index (κ3) is 5.18. The molecule has 1 N–H and O–H groups in total. The Morgan fingerprint density at radius 2 is 1.74 bits per heavy atom. The number of ketones is 1. The molecule has 4 nitrogen and oxygen atoms in total. The summed E-state index contributed by atoms with van der Waals surface area (Å²) >= 11 is 5.89. The molecule has 1 aliphatic rings. The summed E-state index contributed by atoms with van der Waals surface area (Å²) in [4.78, 5) is 27.1. The van der Waals surface area contributed by atoms with Gasteiger partial charge in [-0.1, -0.05) is 29.3 Å². The van der Waals surface area contributed by atoms with Crippen molar-refractivity contribution in [2.75, 3.05) is 25.0 Å². The largest absolute Gasteiger partial charge is 0.325 e. The number of hydrogen-bond acceptors (Lipinski definition) is 3. The van der Waals surface area contributed by atoms with Crippen LogP contribution in [0.15, 0.2) is 42.5 Å². The number of Topliss-reactive ketones (excluding diaryl/α,β-unsaturated/α-hetero) is 1. The van der Waals surface area contributed by atoms with Crippen LogP contribution in [0.4, 0.5) is 5.69 Å². The standard InChI is InChI=1S/C22H25ClN2O2/c1-15-3-8-20(16(2)13-15)24-21(26)14-25-11-9-18(10-12-25)22(27)17-4-6-19(23)7-5-17/h3-8,13,18H,9-12,14H2,1-2H3,(H,24,26). The molecule has 27 heavy (non-hydrogen) atoms. The van der Waals surface area contributed by atoms with Crippen LogP contribution in [0.25, 0.3) is 0 Å². The number of piperidine rings is 1. The van der Waals surface area contributed by atoms with Crippen LogP contribution in [0.5, 0.6) is 0 Å². The Morgan fingerprint density at radius 3 is 2.37 bits per heavy atom. The van der Waals surface area contributed by atoms with E-state index in [4.69, 9.17) is 11.6 Å². The van der Waals surface area contributed by atoms with Crippen molar-refractivity contribution in [2.45, 2.75) is 26.7 Å². The van der Waals surface area contributed by atoms with Gasteiger partial charge in [-0.2, -0.15) is 0 Å². The number of rotatable bonds is 5. The molecule has 1 heterocycles. The summed E-state index contributed by atoms with van der Waals surface area (Å²) < 4.78 is 0. The first kappa shape index (κ1) is 19.6. The van der Waals surface area contributed by atoms with Crippen molar-refractivity contribution < 1.29 is 9.59 Å². The van der Waals surface area contributed by atoms with Crippen molar-refractivity contribution in [2.24, 2.45) is 5.92 Å². The molecule has 0 spiro atoms. The lowest BCUT2D eigenvalue weighted by Crippen LogP contribution is -2.40. The van der Waals surface area contributed by atoms with E-state index in [2.05, 4.69) is 16.3 Å². The number of carbonyl (C=O) groups is 2. The average molecular weight is 385 g/mol. The second-order valence-corrected chi connectivity index (χ2v) is 7.72. The number of nitrogens with zero attached hydrogens (tertiary/aromatic N) is 1. The summed E-state index contributed by atoms with van der Waals surface area (Å²) in [6, 6.07) is 13.1. The van der Waals surface area contributed by atoms with Gasteiger partial charge in [0.05, 0.1) is 6.54 Å². The van der Waals surface area contributed by atoms with E-state index in [9.17, 15) is 9.59 Å². The topological polar surface area (TPSA) is 49.4 Å². The van der Waals surface area contributed by atoms with Crippen molar-refractivity contribution >= 4 is 29.0 Å². The van der Waals surface area contributed by atoms with Gasteiger partial charge in [0.2, 0.25) is 5.91 Å². The monoisotopic (exact) mass is 384 g/mol. The summed E-state index contributed by atoms with van der Waals surface area (Å²) in [7, 11) is 0. The number of aryl methyl sites for hydroxylation is 2. The lowest BCUT2D eigenvalue weighted by molar-refractivity contribution is -0.117. The summed E-state index contributed by atoms with van der Waals surface area (Å²) in [6.45, 7) is 5.90. The molecule has 0 radical (unpaired) electrons. The van der Waals surface area contributed by atoms with E-state index in [1.54, 1.807) is 24.3 Å². The predicted molar refractivity (Wildman–Crippen MR) is 109 cm³/mol. The van der Waals surface area contributed by atoms with Crippen LogP contribution < -0.4 is 5.32 Å². The van der Waals surface area contributed by atoms with Gasteiger partial charge in [-0.25, -0.2) is 0 Å². The maximum Gasteiger partial charge on any atom is 0.238 e. The molecule has 0 bridgehead atoms. The third-order valence-electron chi connectivity index (χ3n) is 5.11. The Balaban J connectivity index is 1.49. The van der Waals surface area contributed by atoms with Gasteiger partial charge in [-0.3, -0.25) is 14.5 Å². The van der Waals surface area contributed by atoms with Gasteiger partial charge in [0, 0.05) is 22.2 Å². The van der Waals surface area contributed by atoms with Crippen LogP contribution >= 0.6 is 11.6 Å². The van der Waals surface area contributed by atoms with E-state index in [0.29, 0.717) is 17.1 Å². The normalized spacial score (nSPS) is 15.5. The summed E-state index contributed by atoms with van der Waals surface area (Å²) in [6.07, 6.45) is 1.55. The smallest absolute Gasteiger partial charge is 0.238 e. The molecule has 1 fully saturated rings. The zero-order valence-electron chi connectivity index (χ0n) is 15.8. The zero-order valence-corrected chi connectivity index (χ0v) is 16.6. The molecule has 5 heteroatoms. The predicted octanol–water partition coefficient (Wildman–Crippen LogP) is 4.49. The van der Waals surface area contributed by atoms with Gasteiger partial charge in [-0.15, -0.1) is 0 Å². The van der Waals surface area contributed by atoms with Crippen LogP contribution in [-0.4, -0.2) is 36.2 Å². The highest BCUT2D eigenvalue weighted by Crippen LogP contribution is 2.23. The second kappa shape index (κ2) is 8.68. The number of amides is 1. The van der Waals surface area contributed by atoms with Crippen molar-refractivity contribution in [3.05, 3.63) is 64.2 Å². The zero-order chi connectivity index (χ0) is 19.4. The molecule has 0 aromatic heterocycles. The molecule has 1 saturated heterocycles. The number of nitrogens with one attached hydrogen (secondary N) is 1. The minimum Gasteiger partial charge on any atom is -0.325 e. The van der Waals surface area contributed by atoms with E-state index in [1.165, 1.54) is 5.56 Å². The summed E-state index contributed by atoms with van der Waals surface area (Å²) in [5.74, 6) is 0.181. The van der Waals surface area contributed by atoms with Crippen LogP contribution in [-0.2, 0) is 4.79 Å². The van der Waals surface area contributed by atoms with Crippen molar-refractivity contribution in [3.63, 3.8) is 0 Å². The molecule has 142 valence electrons. The first-order valence-electron chi connectivity index (χ1n) is 9.31. The van der Waals surface area contributed by atoms with Crippen LogP contribution in [0, 0.1) is 19.8 Å². The molecule has 3 rings (SSSR count). The number of hydrogen-bond donors (Lipinski definition) is 1. The average Bonchev–Trinajstić information content (AvgIpc) is 2.65. The Bertz CT molecular complexity index is 825. The Hall–Kier alpha value is -2.17. The van der Waals surface area contributed by atoms with Gasteiger partial charge in [-0.05, 0) is 75.7 Å². The van der Waals surface area contributed by atoms with Gasteiger partial charge >= 0.3 is 0 Å². The molecule has 0 aliphatic carbocycles. The van der Waals surface area contributed by atoms with E-state index in [1.807, 2.05) is 26.0 Å². The number of halogens is 1. The highest BCUT2D eigenvalue weighted by Gasteiger charge is 2.26. The van der Waals surface area contributed by atoms with Gasteiger partial charge in [0.15, 0.2) is 5.78 Å². The number of anilines is 1. The second-order valence-electron chi connectivity index (χ2n) is 7.29. The molecule has 1 amide bonds. The van der Waals surface area contributed by atoms with Crippen LogP contribution in [0.2, 0.25) is 5.02 Å².